The first kappa shape index (κ1) is 26.4. The van der Waals surface area contributed by atoms with Crippen LogP contribution in [0.15, 0.2) is 35.3 Å². The highest BCUT2D eigenvalue weighted by Crippen LogP contribution is 2.28. The largest absolute Gasteiger partial charge is 0.351 e. The van der Waals surface area contributed by atoms with E-state index in [1.807, 2.05) is 32.0 Å². The number of amides is 2. The number of nitrogens with zero attached hydrogens (tertiary/aromatic N) is 2. The first-order valence-corrected chi connectivity index (χ1v) is 13.0. The third kappa shape index (κ3) is 8.24. The van der Waals surface area contributed by atoms with Gasteiger partial charge < -0.3 is 10.6 Å². The first-order valence-electron chi connectivity index (χ1n) is 12.6. The molecule has 186 valence electrons. The molecule has 0 aromatic heterocycles. The second-order valence-corrected chi connectivity index (χ2v) is 10.2. The Morgan fingerprint density at radius 1 is 1.18 bits per heavy atom. The SMILES string of the molecule is C=C(CN1CCCC1)C(=O)NCC(NC(=O)CCC(C)=Nc1ccc(Cl)cc1C)C1CCCC1. The lowest BCUT2D eigenvalue weighted by Gasteiger charge is -2.26. The predicted octanol–water partition coefficient (Wildman–Crippen LogP) is 4.96. The Morgan fingerprint density at radius 2 is 1.88 bits per heavy atom. The van der Waals surface area contributed by atoms with Crippen LogP contribution >= 0.6 is 11.6 Å². The van der Waals surface area contributed by atoms with E-state index in [1.165, 1.54) is 25.7 Å². The van der Waals surface area contributed by atoms with Crippen molar-refractivity contribution in [2.45, 2.75) is 71.3 Å². The number of carbonyl (C=O) groups is 2. The van der Waals surface area contributed by atoms with Gasteiger partial charge in [-0.3, -0.25) is 19.5 Å². The number of carbonyl (C=O) groups excluding carboxylic acids is 2. The molecule has 7 heteroatoms. The van der Waals surface area contributed by atoms with Gasteiger partial charge in [0.2, 0.25) is 11.8 Å². The number of nitrogens with one attached hydrogen (secondary N) is 2. The van der Waals surface area contributed by atoms with Crippen molar-refractivity contribution in [3.8, 4) is 0 Å². The van der Waals surface area contributed by atoms with Crippen molar-refractivity contribution < 1.29 is 9.59 Å². The van der Waals surface area contributed by atoms with Crippen LogP contribution in [0, 0.1) is 12.8 Å². The molecule has 1 atom stereocenters. The van der Waals surface area contributed by atoms with Crippen LogP contribution in [0.5, 0.6) is 0 Å². The molecule has 0 radical (unpaired) electrons. The van der Waals surface area contributed by atoms with Crippen LogP contribution < -0.4 is 10.6 Å². The van der Waals surface area contributed by atoms with Crippen molar-refractivity contribution in [3.63, 3.8) is 0 Å². The van der Waals surface area contributed by atoms with Crippen molar-refractivity contribution >= 4 is 34.8 Å². The zero-order valence-corrected chi connectivity index (χ0v) is 21.4. The van der Waals surface area contributed by atoms with E-state index < -0.39 is 0 Å². The molecule has 1 heterocycles. The van der Waals surface area contributed by atoms with Gasteiger partial charge in [-0.05, 0) is 88.7 Å². The van der Waals surface area contributed by atoms with Crippen LogP contribution in [-0.4, -0.2) is 54.6 Å². The van der Waals surface area contributed by atoms with E-state index in [-0.39, 0.29) is 17.9 Å². The van der Waals surface area contributed by atoms with Crippen molar-refractivity contribution in [2.24, 2.45) is 10.9 Å². The summed E-state index contributed by atoms with van der Waals surface area (Å²) in [5.41, 5.74) is 3.40. The molecule has 1 saturated carbocycles. The maximum atomic E-state index is 12.8. The Morgan fingerprint density at radius 3 is 2.56 bits per heavy atom. The summed E-state index contributed by atoms with van der Waals surface area (Å²) in [5.74, 6) is 0.303. The highest BCUT2D eigenvalue weighted by molar-refractivity contribution is 6.30. The summed E-state index contributed by atoms with van der Waals surface area (Å²) < 4.78 is 0. The Balaban J connectivity index is 1.49. The highest BCUT2D eigenvalue weighted by Gasteiger charge is 2.27. The van der Waals surface area contributed by atoms with Gasteiger partial charge in [0.1, 0.15) is 0 Å². The zero-order chi connectivity index (χ0) is 24.5. The second kappa shape index (κ2) is 13.1. The summed E-state index contributed by atoms with van der Waals surface area (Å²) >= 11 is 6.02. The smallest absolute Gasteiger partial charge is 0.247 e. The lowest BCUT2D eigenvalue weighted by Crippen LogP contribution is -2.48. The fraction of sp³-hybridized carbons (Fsp3) is 0.593. The Hall–Kier alpha value is -2.18. The number of aliphatic imine (C=N–C) groups is 1. The number of hydrogen-bond donors (Lipinski definition) is 2. The molecule has 1 saturated heterocycles. The molecule has 1 aromatic rings. The average molecular weight is 487 g/mol. The van der Waals surface area contributed by atoms with Crippen molar-refractivity contribution in [1.29, 1.82) is 0 Å². The molecule has 2 aliphatic rings. The Kier molecular flexibility index (Phi) is 10.1. The fourth-order valence-corrected chi connectivity index (χ4v) is 5.11. The molecular weight excluding hydrogens is 448 g/mol. The second-order valence-electron chi connectivity index (χ2n) is 9.79. The summed E-state index contributed by atoms with van der Waals surface area (Å²) in [6, 6.07) is 5.57. The normalized spacial score (nSPS) is 18.1. The lowest BCUT2D eigenvalue weighted by atomic mass is 9.97. The molecule has 6 nitrogen and oxygen atoms in total. The van der Waals surface area contributed by atoms with Crippen LogP contribution in [0.4, 0.5) is 5.69 Å². The number of likely N-dealkylation sites (tertiary alicyclic amines) is 1. The number of hydrogen-bond acceptors (Lipinski definition) is 4. The van der Waals surface area contributed by atoms with Gasteiger partial charge in [-0.2, -0.15) is 0 Å². The third-order valence-corrected chi connectivity index (χ3v) is 7.15. The monoisotopic (exact) mass is 486 g/mol. The standard InChI is InChI=1S/C27H39ClN4O2/c1-19-16-23(28)11-12-24(19)30-21(3)10-13-26(33)31-25(22-8-4-5-9-22)17-29-27(34)20(2)18-32-14-6-7-15-32/h11-12,16,22,25H,2,4-10,13-15,17-18H2,1,3H3,(H,29,34)(H,31,33). The van der Waals surface area contributed by atoms with Gasteiger partial charge in [0.05, 0.1) is 5.69 Å². The van der Waals surface area contributed by atoms with Gasteiger partial charge in [0.25, 0.3) is 0 Å². The molecule has 1 aliphatic carbocycles. The molecule has 1 aromatic carbocycles. The fourth-order valence-electron chi connectivity index (χ4n) is 4.88. The average Bonchev–Trinajstić information content (AvgIpc) is 3.51. The minimum atomic E-state index is -0.106. The first-order chi connectivity index (χ1) is 16.3. The molecule has 0 spiro atoms. The minimum absolute atomic E-state index is 0.00409. The summed E-state index contributed by atoms with van der Waals surface area (Å²) in [6.07, 6.45) is 7.88. The summed E-state index contributed by atoms with van der Waals surface area (Å²) in [7, 11) is 0. The molecule has 2 fully saturated rings. The number of aryl methyl sites for hydroxylation is 1. The van der Waals surface area contributed by atoms with E-state index in [0.29, 0.717) is 42.4 Å². The number of halogens is 1. The quantitative estimate of drug-likeness (QED) is 0.343. The topological polar surface area (TPSA) is 73.8 Å². The van der Waals surface area contributed by atoms with Gasteiger partial charge in [0.15, 0.2) is 0 Å². The summed E-state index contributed by atoms with van der Waals surface area (Å²) in [6.45, 7) is 11.1. The van der Waals surface area contributed by atoms with E-state index in [0.717, 1.165) is 42.9 Å². The van der Waals surface area contributed by atoms with E-state index >= 15 is 0 Å². The molecule has 2 N–H and O–H groups in total. The van der Waals surface area contributed by atoms with Crippen molar-refractivity contribution in [2.75, 3.05) is 26.2 Å². The van der Waals surface area contributed by atoms with Crippen molar-refractivity contribution in [3.05, 3.63) is 40.9 Å². The maximum absolute atomic E-state index is 12.8. The van der Waals surface area contributed by atoms with Gasteiger partial charge in [-0.1, -0.05) is 31.0 Å². The Labute approximate surface area is 209 Å². The Bertz CT molecular complexity index is 902. The highest BCUT2D eigenvalue weighted by atomic mass is 35.5. The lowest BCUT2D eigenvalue weighted by molar-refractivity contribution is -0.123. The van der Waals surface area contributed by atoms with Gasteiger partial charge in [0, 0.05) is 41.9 Å². The molecule has 1 aliphatic heterocycles. The molecule has 2 amide bonds. The molecule has 1 unspecified atom stereocenters. The van der Waals surface area contributed by atoms with Gasteiger partial charge in [-0.15, -0.1) is 0 Å². The molecule has 3 rings (SSSR count). The van der Waals surface area contributed by atoms with E-state index in [9.17, 15) is 9.59 Å². The van der Waals surface area contributed by atoms with Crippen LogP contribution in [0.25, 0.3) is 0 Å². The number of benzene rings is 1. The van der Waals surface area contributed by atoms with E-state index in [4.69, 9.17) is 11.6 Å². The third-order valence-electron chi connectivity index (χ3n) is 6.92. The molecule has 0 bridgehead atoms. The van der Waals surface area contributed by atoms with Crippen LogP contribution in [0.1, 0.15) is 63.9 Å². The maximum Gasteiger partial charge on any atom is 0.247 e. The zero-order valence-electron chi connectivity index (χ0n) is 20.7. The number of rotatable bonds is 11. The van der Waals surface area contributed by atoms with Gasteiger partial charge in [-0.25, -0.2) is 0 Å². The summed E-state index contributed by atoms with van der Waals surface area (Å²) in [4.78, 5) is 32.3. The predicted molar refractivity (Wildman–Crippen MR) is 140 cm³/mol. The van der Waals surface area contributed by atoms with Crippen molar-refractivity contribution in [1.82, 2.24) is 15.5 Å². The van der Waals surface area contributed by atoms with E-state index in [2.05, 4.69) is 27.1 Å². The van der Waals surface area contributed by atoms with Crippen LogP contribution in [-0.2, 0) is 9.59 Å². The van der Waals surface area contributed by atoms with E-state index in [1.54, 1.807) is 0 Å². The molecular formula is C27H39ClN4O2. The summed E-state index contributed by atoms with van der Waals surface area (Å²) in [5, 5.41) is 6.92. The van der Waals surface area contributed by atoms with Crippen LogP contribution in [0.2, 0.25) is 5.02 Å². The van der Waals surface area contributed by atoms with Crippen LogP contribution in [0.3, 0.4) is 0 Å². The minimum Gasteiger partial charge on any atom is -0.351 e. The molecule has 34 heavy (non-hydrogen) atoms. The van der Waals surface area contributed by atoms with Gasteiger partial charge >= 0.3 is 0 Å².